The van der Waals surface area contributed by atoms with Crippen molar-refractivity contribution in [1.29, 1.82) is 0 Å². The number of hydrogen-bond donors (Lipinski definition) is 0. The first-order valence-electron chi connectivity index (χ1n) is 3.97. The Hall–Kier alpha value is -0.640. The second-order valence-corrected chi connectivity index (χ2v) is 3.73. The lowest BCUT2D eigenvalue weighted by Gasteiger charge is -2.13. The molecular formula is C8H9BrN2O. The molecule has 64 valence electrons. The van der Waals surface area contributed by atoms with Crippen LogP contribution < -0.4 is 0 Å². The zero-order valence-electron chi connectivity index (χ0n) is 6.80. The second-order valence-electron chi connectivity index (χ2n) is 2.98. The summed E-state index contributed by atoms with van der Waals surface area (Å²) in [6.45, 7) is 1.86. The fourth-order valence-electron chi connectivity index (χ4n) is 1.61. The molecule has 0 aromatic carbocycles. The molecule has 0 aliphatic carbocycles. The molecule has 1 aliphatic rings. The normalized spacial score (nSPS) is 16.3. The molecule has 0 saturated carbocycles. The van der Waals surface area contributed by atoms with E-state index < -0.39 is 0 Å². The van der Waals surface area contributed by atoms with Gasteiger partial charge in [0.15, 0.2) is 0 Å². The number of aryl methyl sites for hydroxylation is 1. The van der Waals surface area contributed by atoms with Crippen molar-refractivity contribution in [3.63, 3.8) is 0 Å². The van der Waals surface area contributed by atoms with Gasteiger partial charge < -0.3 is 0 Å². The smallest absolute Gasteiger partial charge is 0.232 e. The van der Waals surface area contributed by atoms with E-state index in [0.717, 1.165) is 29.0 Å². The highest BCUT2D eigenvalue weighted by Gasteiger charge is 2.21. The number of fused-ring (bicyclic) bond motifs is 1. The monoisotopic (exact) mass is 228 g/mol. The van der Waals surface area contributed by atoms with E-state index in [1.54, 1.807) is 4.57 Å². The molecule has 4 heteroatoms. The Morgan fingerprint density at radius 1 is 1.50 bits per heavy atom. The summed E-state index contributed by atoms with van der Waals surface area (Å²) < 4.78 is 2.54. The number of hydrogen-bond acceptors (Lipinski definition) is 2. The Bertz CT molecular complexity index is 343. The van der Waals surface area contributed by atoms with Gasteiger partial charge in [0.1, 0.15) is 10.4 Å². The summed E-state index contributed by atoms with van der Waals surface area (Å²) in [7, 11) is 0. The molecule has 1 aromatic rings. The predicted molar refractivity (Wildman–Crippen MR) is 48.2 cm³/mol. The van der Waals surface area contributed by atoms with Crippen LogP contribution in [0.15, 0.2) is 4.60 Å². The van der Waals surface area contributed by atoms with Gasteiger partial charge in [-0.1, -0.05) is 0 Å². The quantitative estimate of drug-likeness (QED) is 0.681. The van der Waals surface area contributed by atoms with Crippen molar-refractivity contribution < 1.29 is 4.79 Å². The van der Waals surface area contributed by atoms with Gasteiger partial charge in [-0.3, -0.25) is 9.36 Å². The first-order chi connectivity index (χ1) is 5.70. The van der Waals surface area contributed by atoms with Crippen molar-refractivity contribution in [3.05, 3.63) is 16.1 Å². The highest BCUT2D eigenvalue weighted by molar-refractivity contribution is 9.10. The molecule has 0 radical (unpaired) electrons. The average Bonchev–Trinajstić information content (AvgIpc) is 2.29. The van der Waals surface area contributed by atoms with Gasteiger partial charge in [0, 0.05) is 6.42 Å². The van der Waals surface area contributed by atoms with Crippen LogP contribution in [0.2, 0.25) is 0 Å². The molecule has 1 aliphatic heterocycles. The van der Waals surface area contributed by atoms with Crippen LogP contribution in [-0.4, -0.2) is 15.5 Å². The molecule has 0 spiro atoms. The Morgan fingerprint density at radius 3 is 2.92 bits per heavy atom. The third-order valence-corrected chi connectivity index (χ3v) is 2.78. The summed E-state index contributed by atoms with van der Waals surface area (Å²) in [6.07, 6.45) is 2.55. The van der Waals surface area contributed by atoms with Gasteiger partial charge >= 0.3 is 0 Å². The van der Waals surface area contributed by atoms with Gasteiger partial charge in [0.2, 0.25) is 5.91 Å². The Morgan fingerprint density at radius 2 is 2.25 bits per heavy atom. The average molecular weight is 229 g/mol. The Labute approximate surface area is 78.9 Å². The van der Waals surface area contributed by atoms with Crippen LogP contribution in [0.3, 0.4) is 0 Å². The lowest BCUT2D eigenvalue weighted by Crippen LogP contribution is -2.20. The highest BCUT2D eigenvalue weighted by atomic mass is 79.9. The van der Waals surface area contributed by atoms with Crippen molar-refractivity contribution in [2.75, 3.05) is 0 Å². The van der Waals surface area contributed by atoms with Crippen LogP contribution in [0.1, 0.15) is 29.2 Å². The van der Waals surface area contributed by atoms with Gasteiger partial charge in [-0.2, -0.15) is 0 Å². The predicted octanol–water partition coefficient (Wildman–Crippen LogP) is 1.93. The van der Waals surface area contributed by atoms with Crippen molar-refractivity contribution in [2.45, 2.75) is 26.2 Å². The zero-order valence-corrected chi connectivity index (χ0v) is 8.39. The van der Waals surface area contributed by atoms with Gasteiger partial charge in [0.25, 0.3) is 0 Å². The third kappa shape index (κ3) is 1.02. The van der Waals surface area contributed by atoms with E-state index >= 15 is 0 Å². The topological polar surface area (TPSA) is 34.9 Å². The first kappa shape index (κ1) is 7.98. The number of aromatic nitrogens is 2. The lowest BCUT2D eigenvalue weighted by molar-refractivity contribution is 0.0881. The zero-order chi connectivity index (χ0) is 8.72. The molecule has 2 rings (SSSR count). The summed E-state index contributed by atoms with van der Waals surface area (Å²) in [6, 6.07) is 0. The van der Waals surface area contributed by atoms with Crippen molar-refractivity contribution in [2.24, 2.45) is 0 Å². The van der Waals surface area contributed by atoms with Crippen molar-refractivity contribution >= 4 is 21.8 Å². The molecule has 0 atom stereocenters. The maximum absolute atomic E-state index is 11.4. The van der Waals surface area contributed by atoms with Crippen LogP contribution in [0.5, 0.6) is 0 Å². The van der Waals surface area contributed by atoms with Crippen LogP contribution in [0.4, 0.5) is 0 Å². The molecule has 2 heterocycles. The summed E-state index contributed by atoms with van der Waals surface area (Å²) in [4.78, 5) is 15.6. The van der Waals surface area contributed by atoms with Crippen LogP contribution >= 0.6 is 15.9 Å². The second kappa shape index (κ2) is 2.69. The van der Waals surface area contributed by atoms with E-state index in [0.29, 0.717) is 6.42 Å². The standard InChI is InChI=1S/C8H9BrN2O/c1-5-10-8(9)6-3-2-4-7(12)11(5)6/h2-4H2,1H3. The van der Waals surface area contributed by atoms with Gasteiger partial charge in [0.05, 0.1) is 5.69 Å². The fourth-order valence-corrected chi connectivity index (χ4v) is 2.24. The van der Waals surface area contributed by atoms with Gasteiger partial charge in [-0.05, 0) is 35.7 Å². The van der Waals surface area contributed by atoms with Crippen LogP contribution in [0.25, 0.3) is 0 Å². The maximum Gasteiger partial charge on any atom is 0.232 e. The van der Waals surface area contributed by atoms with E-state index in [2.05, 4.69) is 20.9 Å². The van der Waals surface area contributed by atoms with Gasteiger partial charge in [-0.25, -0.2) is 4.98 Å². The van der Waals surface area contributed by atoms with E-state index in [9.17, 15) is 4.79 Å². The van der Waals surface area contributed by atoms with Crippen molar-refractivity contribution in [3.8, 4) is 0 Å². The largest absolute Gasteiger partial charge is 0.274 e. The van der Waals surface area contributed by atoms with Crippen molar-refractivity contribution in [1.82, 2.24) is 9.55 Å². The minimum Gasteiger partial charge on any atom is -0.274 e. The molecular weight excluding hydrogens is 220 g/mol. The SMILES string of the molecule is Cc1nc(Br)c2n1C(=O)CCC2. The number of carbonyl (C=O) groups is 1. The number of rotatable bonds is 0. The van der Waals surface area contributed by atoms with E-state index in [1.807, 2.05) is 6.92 Å². The number of nitrogens with zero attached hydrogens (tertiary/aromatic N) is 2. The minimum atomic E-state index is 0.173. The lowest BCUT2D eigenvalue weighted by atomic mass is 10.1. The summed E-state index contributed by atoms with van der Waals surface area (Å²) in [5, 5.41) is 0. The molecule has 1 aromatic heterocycles. The first-order valence-corrected chi connectivity index (χ1v) is 4.76. The van der Waals surface area contributed by atoms with E-state index in [4.69, 9.17) is 0 Å². The highest BCUT2D eigenvalue weighted by Crippen LogP contribution is 2.23. The Balaban J connectivity index is 2.62. The number of halogens is 1. The number of carbonyl (C=O) groups excluding carboxylic acids is 1. The summed E-state index contributed by atoms with van der Waals surface area (Å²) in [5.74, 6) is 0.966. The van der Waals surface area contributed by atoms with Crippen LogP contribution in [-0.2, 0) is 6.42 Å². The molecule has 0 bridgehead atoms. The summed E-state index contributed by atoms with van der Waals surface area (Å²) >= 11 is 3.35. The fraction of sp³-hybridized carbons (Fsp3) is 0.500. The summed E-state index contributed by atoms with van der Waals surface area (Å²) in [5.41, 5.74) is 1.03. The molecule has 12 heavy (non-hydrogen) atoms. The van der Waals surface area contributed by atoms with Gasteiger partial charge in [-0.15, -0.1) is 0 Å². The molecule has 0 unspecified atom stereocenters. The van der Waals surface area contributed by atoms with E-state index in [-0.39, 0.29) is 5.91 Å². The number of imidazole rings is 1. The molecule has 0 N–H and O–H groups in total. The molecule has 3 nitrogen and oxygen atoms in total. The molecule has 0 saturated heterocycles. The Kier molecular flexibility index (Phi) is 1.79. The minimum absolute atomic E-state index is 0.173. The van der Waals surface area contributed by atoms with Crippen LogP contribution in [0, 0.1) is 6.92 Å². The molecule has 0 fully saturated rings. The third-order valence-electron chi connectivity index (χ3n) is 2.15. The maximum atomic E-state index is 11.4. The van der Waals surface area contributed by atoms with E-state index in [1.165, 1.54) is 0 Å². The molecule has 0 amide bonds.